The van der Waals surface area contributed by atoms with Crippen molar-refractivity contribution < 1.29 is 0 Å². The van der Waals surface area contributed by atoms with Crippen LogP contribution in [0.15, 0.2) is 36.7 Å². The van der Waals surface area contributed by atoms with E-state index in [-0.39, 0.29) is 0 Å². The Morgan fingerprint density at radius 2 is 2.13 bits per heavy atom. The monoisotopic (exact) mass is 311 g/mol. The fraction of sp³-hybridized carbons (Fsp3) is 0.500. The molecule has 5 heteroatoms. The zero-order chi connectivity index (χ0) is 16.2. The van der Waals surface area contributed by atoms with Crippen LogP contribution in [-0.4, -0.2) is 46.3 Å². The molecule has 3 heterocycles. The van der Waals surface area contributed by atoms with Crippen molar-refractivity contribution in [2.75, 3.05) is 25.0 Å². The molecule has 0 unspecified atom stereocenters. The predicted octanol–water partition coefficient (Wildman–Crippen LogP) is 2.84. The Balaban J connectivity index is 1.69. The number of aromatic nitrogens is 3. The molecule has 3 rings (SSSR count). The van der Waals surface area contributed by atoms with Gasteiger partial charge in [0.15, 0.2) is 5.82 Å². The molecule has 2 aromatic heterocycles. The van der Waals surface area contributed by atoms with E-state index in [0.29, 0.717) is 12.1 Å². The molecule has 2 aromatic rings. The number of hydrogen-bond acceptors (Lipinski definition) is 5. The molecule has 0 saturated carbocycles. The molecule has 0 radical (unpaired) electrons. The molecule has 0 amide bonds. The summed E-state index contributed by atoms with van der Waals surface area (Å²) in [6.45, 7) is 6.28. The van der Waals surface area contributed by atoms with Crippen LogP contribution in [0.5, 0.6) is 0 Å². The SMILES string of the molecule is Cc1ccc(N2CCC[C@H](N(C)[C@H](C)c3cccnc3)C2)nn1. The van der Waals surface area contributed by atoms with E-state index in [0.717, 1.165) is 24.6 Å². The molecule has 1 aliphatic rings. The Morgan fingerprint density at radius 3 is 2.83 bits per heavy atom. The van der Waals surface area contributed by atoms with Gasteiger partial charge in [0.25, 0.3) is 0 Å². The Labute approximate surface area is 138 Å². The van der Waals surface area contributed by atoms with Gasteiger partial charge in [-0.1, -0.05) is 6.07 Å². The third-order valence-electron chi connectivity index (χ3n) is 4.86. The molecule has 0 aromatic carbocycles. The Bertz CT molecular complexity index is 613. The third-order valence-corrected chi connectivity index (χ3v) is 4.86. The van der Waals surface area contributed by atoms with E-state index in [4.69, 9.17) is 0 Å². The van der Waals surface area contributed by atoms with Gasteiger partial charge in [-0.15, -0.1) is 5.10 Å². The number of anilines is 1. The molecule has 0 bridgehead atoms. The number of likely N-dealkylation sites (N-methyl/N-ethyl adjacent to an activating group) is 1. The second kappa shape index (κ2) is 7.04. The summed E-state index contributed by atoms with van der Waals surface area (Å²) < 4.78 is 0. The van der Waals surface area contributed by atoms with Gasteiger partial charge in [-0.3, -0.25) is 9.88 Å². The Kier molecular flexibility index (Phi) is 4.86. The van der Waals surface area contributed by atoms with Gasteiger partial charge >= 0.3 is 0 Å². The maximum absolute atomic E-state index is 4.35. The van der Waals surface area contributed by atoms with Crippen LogP contribution in [-0.2, 0) is 0 Å². The molecule has 23 heavy (non-hydrogen) atoms. The average Bonchev–Trinajstić information content (AvgIpc) is 2.62. The first kappa shape index (κ1) is 15.9. The molecule has 0 N–H and O–H groups in total. The van der Waals surface area contributed by atoms with Crippen molar-refractivity contribution >= 4 is 5.82 Å². The average molecular weight is 311 g/mol. The second-order valence-electron chi connectivity index (χ2n) is 6.40. The highest BCUT2D eigenvalue weighted by atomic mass is 15.3. The van der Waals surface area contributed by atoms with E-state index in [2.05, 4.69) is 51.1 Å². The van der Waals surface area contributed by atoms with Crippen molar-refractivity contribution in [2.24, 2.45) is 0 Å². The van der Waals surface area contributed by atoms with Gasteiger partial charge < -0.3 is 4.90 Å². The second-order valence-corrected chi connectivity index (χ2v) is 6.40. The summed E-state index contributed by atoms with van der Waals surface area (Å²) in [5, 5.41) is 8.54. The number of rotatable bonds is 4. The van der Waals surface area contributed by atoms with Crippen LogP contribution in [0.25, 0.3) is 0 Å². The lowest BCUT2D eigenvalue weighted by Gasteiger charge is -2.40. The minimum Gasteiger partial charge on any atom is -0.354 e. The van der Waals surface area contributed by atoms with Gasteiger partial charge in [-0.05, 0) is 57.5 Å². The number of pyridine rings is 1. The topological polar surface area (TPSA) is 45.2 Å². The van der Waals surface area contributed by atoms with Crippen LogP contribution < -0.4 is 4.90 Å². The van der Waals surface area contributed by atoms with Gasteiger partial charge in [0, 0.05) is 37.6 Å². The highest BCUT2D eigenvalue weighted by molar-refractivity contribution is 5.38. The largest absolute Gasteiger partial charge is 0.354 e. The summed E-state index contributed by atoms with van der Waals surface area (Å²) in [5.41, 5.74) is 2.23. The maximum Gasteiger partial charge on any atom is 0.151 e. The molecule has 0 aliphatic carbocycles. The number of aryl methyl sites for hydroxylation is 1. The molecule has 5 nitrogen and oxygen atoms in total. The molecule has 122 valence electrons. The van der Waals surface area contributed by atoms with Crippen LogP contribution in [0.4, 0.5) is 5.82 Å². The summed E-state index contributed by atoms with van der Waals surface area (Å²) in [6, 6.07) is 9.15. The number of nitrogens with zero attached hydrogens (tertiary/aromatic N) is 5. The van der Waals surface area contributed by atoms with Crippen molar-refractivity contribution in [3.63, 3.8) is 0 Å². The molecule has 1 saturated heterocycles. The third kappa shape index (κ3) is 3.67. The lowest BCUT2D eigenvalue weighted by Crippen LogP contribution is -2.47. The molecular formula is C18H25N5. The first-order chi connectivity index (χ1) is 11.1. The molecule has 2 atom stereocenters. The summed E-state index contributed by atoms with van der Waals surface area (Å²) in [7, 11) is 2.21. The highest BCUT2D eigenvalue weighted by Gasteiger charge is 2.27. The maximum atomic E-state index is 4.35. The number of hydrogen-bond donors (Lipinski definition) is 0. The molecule has 0 spiro atoms. The zero-order valence-electron chi connectivity index (χ0n) is 14.2. The van der Waals surface area contributed by atoms with Crippen LogP contribution >= 0.6 is 0 Å². The molecule has 1 fully saturated rings. The van der Waals surface area contributed by atoms with Crippen LogP contribution in [0.2, 0.25) is 0 Å². The van der Waals surface area contributed by atoms with E-state index in [1.807, 2.05) is 31.5 Å². The lowest BCUT2D eigenvalue weighted by atomic mass is 10.0. The Morgan fingerprint density at radius 1 is 1.26 bits per heavy atom. The van der Waals surface area contributed by atoms with Crippen molar-refractivity contribution in [3.05, 3.63) is 47.9 Å². The van der Waals surface area contributed by atoms with Gasteiger partial charge in [0.2, 0.25) is 0 Å². The molecule has 1 aliphatic heterocycles. The van der Waals surface area contributed by atoms with Crippen molar-refractivity contribution in [1.82, 2.24) is 20.1 Å². The standard InChI is InChI=1S/C18H25N5/c1-14-8-9-18(21-20-14)23-11-5-7-17(13-23)22(3)15(2)16-6-4-10-19-12-16/h4,6,8-10,12,15,17H,5,7,11,13H2,1-3H3/t15-,17+/m1/s1. The summed E-state index contributed by atoms with van der Waals surface area (Å²) in [5.74, 6) is 0.989. The van der Waals surface area contributed by atoms with Crippen LogP contribution in [0, 0.1) is 6.92 Å². The zero-order valence-corrected chi connectivity index (χ0v) is 14.2. The van der Waals surface area contributed by atoms with Gasteiger partial charge in [-0.2, -0.15) is 5.10 Å². The predicted molar refractivity (Wildman–Crippen MR) is 92.4 cm³/mol. The van der Waals surface area contributed by atoms with Crippen LogP contribution in [0.1, 0.15) is 37.1 Å². The number of piperidine rings is 1. The minimum atomic E-state index is 0.359. The fourth-order valence-corrected chi connectivity index (χ4v) is 3.23. The minimum absolute atomic E-state index is 0.359. The quantitative estimate of drug-likeness (QED) is 0.869. The van der Waals surface area contributed by atoms with E-state index in [1.54, 1.807) is 0 Å². The Hall–Kier alpha value is -2.01. The summed E-state index contributed by atoms with van der Waals surface area (Å²) in [6.07, 6.45) is 6.20. The smallest absolute Gasteiger partial charge is 0.151 e. The van der Waals surface area contributed by atoms with E-state index in [1.165, 1.54) is 18.4 Å². The van der Waals surface area contributed by atoms with E-state index >= 15 is 0 Å². The fourth-order valence-electron chi connectivity index (χ4n) is 3.23. The van der Waals surface area contributed by atoms with Gasteiger partial charge in [0.1, 0.15) is 0 Å². The lowest BCUT2D eigenvalue weighted by molar-refractivity contribution is 0.165. The normalized spacial score (nSPS) is 19.8. The molecular weight excluding hydrogens is 286 g/mol. The summed E-state index contributed by atoms with van der Waals surface area (Å²) >= 11 is 0. The van der Waals surface area contributed by atoms with Crippen molar-refractivity contribution in [2.45, 2.75) is 38.8 Å². The van der Waals surface area contributed by atoms with E-state index < -0.39 is 0 Å². The van der Waals surface area contributed by atoms with Crippen molar-refractivity contribution in [1.29, 1.82) is 0 Å². The van der Waals surface area contributed by atoms with Crippen molar-refractivity contribution in [3.8, 4) is 0 Å². The van der Waals surface area contributed by atoms with Gasteiger partial charge in [-0.25, -0.2) is 0 Å². The highest BCUT2D eigenvalue weighted by Crippen LogP contribution is 2.26. The first-order valence-electron chi connectivity index (χ1n) is 8.32. The van der Waals surface area contributed by atoms with Crippen LogP contribution in [0.3, 0.4) is 0 Å². The first-order valence-corrected chi connectivity index (χ1v) is 8.32. The van der Waals surface area contributed by atoms with Gasteiger partial charge in [0.05, 0.1) is 5.69 Å². The summed E-state index contributed by atoms with van der Waals surface area (Å²) in [4.78, 5) is 9.07. The van der Waals surface area contributed by atoms with E-state index in [9.17, 15) is 0 Å².